The Kier molecular flexibility index (Phi) is 5.38. The first-order chi connectivity index (χ1) is 15.9. The Hall–Kier alpha value is -3.30. The molecule has 1 fully saturated rings. The predicted molar refractivity (Wildman–Crippen MR) is 125 cm³/mol. The number of carboxylic acid groups (broad SMARTS) is 1. The van der Waals surface area contributed by atoms with Crippen LogP contribution in [0.4, 0.5) is 4.39 Å². The maximum atomic E-state index is 15.1. The van der Waals surface area contributed by atoms with Crippen LogP contribution in [0, 0.1) is 5.82 Å². The Morgan fingerprint density at radius 3 is 2.55 bits per heavy atom. The van der Waals surface area contributed by atoms with Crippen molar-refractivity contribution in [2.24, 2.45) is 5.73 Å². The molecule has 5 rings (SSSR count). The third-order valence-electron chi connectivity index (χ3n) is 6.10. The van der Waals surface area contributed by atoms with Crippen molar-refractivity contribution in [3.8, 4) is 11.1 Å². The fraction of sp³-hybridized carbons (Fsp3) is 0.292. The Labute approximate surface area is 191 Å². The van der Waals surface area contributed by atoms with Gasteiger partial charge in [0, 0.05) is 31.3 Å². The maximum absolute atomic E-state index is 15.1. The van der Waals surface area contributed by atoms with Crippen molar-refractivity contribution in [3.05, 3.63) is 74.2 Å². The second kappa shape index (κ2) is 8.24. The number of aromatic nitrogens is 2. The van der Waals surface area contributed by atoms with Crippen LogP contribution in [0.2, 0.25) is 0 Å². The minimum Gasteiger partial charge on any atom is -0.481 e. The summed E-state index contributed by atoms with van der Waals surface area (Å²) in [5, 5.41) is 8.94. The molecule has 9 heteroatoms. The Morgan fingerprint density at radius 2 is 1.91 bits per heavy atom. The molecule has 1 aliphatic carbocycles. The molecule has 170 valence electrons. The number of fused-ring (bicyclic) bond motifs is 2. The number of pyridine rings is 2. The third kappa shape index (κ3) is 3.77. The zero-order valence-corrected chi connectivity index (χ0v) is 18.5. The number of carbonyl (C=O) groups is 1. The van der Waals surface area contributed by atoms with E-state index >= 15 is 4.39 Å². The lowest BCUT2D eigenvalue weighted by molar-refractivity contribution is -0.137. The minimum absolute atomic E-state index is 0.0502. The molecule has 0 spiro atoms. The number of halogens is 1. The first-order valence-corrected chi connectivity index (χ1v) is 11.6. The molecule has 33 heavy (non-hydrogen) atoms. The highest BCUT2D eigenvalue weighted by atomic mass is 32.1. The summed E-state index contributed by atoms with van der Waals surface area (Å²) < 4.78 is 18.5. The number of hydrogen-bond acceptors (Lipinski definition) is 5. The average Bonchev–Trinajstić information content (AvgIpc) is 3.58. The van der Waals surface area contributed by atoms with Crippen LogP contribution in [-0.4, -0.2) is 19.4 Å². The van der Waals surface area contributed by atoms with Crippen molar-refractivity contribution in [2.75, 3.05) is 0 Å². The van der Waals surface area contributed by atoms with Gasteiger partial charge >= 0.3 is 5.97 Å². The number of rotatable bonds is 7. The van der Waals surface area contributed by atoms with Crippen molar-refractivity contribution in [1.82, 2.24) is 8.36 Å². The highest BCUT2D eigenvalue weighted by Gasteiger charge is 2.31. The molecule has 0 radical (unpaired) electrons. The first kappa shape index (κ1) is 21.5. The summed E-state index contributed by atoms with van der Waals surface area (Å²) in [5.41, 5.74) is 8.17. The van der Waals surface area contributed by atoms with E-state index in [1.165, 1.54) is 26.1 Å². The molecule has 1 aliphatic rings. The maximum Gasteiger partial charge on any atom is 0.303 e. The van der Waals surface area contributed by atoms with E-state index in [1.54, 1.807) is 6.07 Å². The van der Waals surface area contributed by atoms with E-state index in [-0.39, 0.29) is 24.3 Å². The summed E-state index contributed by atoms with van der Waals surface area (Å²) in [6.07, 6.45) is 3.27. The smallest absolute Gasteiger partial charge is 0.303 e. The Morgan fingerprint density at radius 1 is 1.18 bits per heavy atom. The number of aryl methyl sites for hydroxylation is 1. The van der Waals surface area contributed by atoms with E-state index in [9.17, 15) is 14.4 Å². The number of benzene rings is 1. The van der Waals surface area contributed by atoms with Gasteiger partial charge in [0.2, 0.25) is 0 Å². The van der Waals surface area contributed by atoms with Gasteiger partial charge in [-0.2, -0.15) is 0 Å². The van der Waals surface area contributed by atoms with Gasteiger partial charge < -0.3 is 10.8 Å². The zero-order chi connectivity index (χ0) is 23.3. The van der Waals surface area contributed by atoms with Crippen molar-refractivity contribution >= 4 is 33.1 Å². The van der Waals surface area contributed by atoms with Gasteiger partial charge in [0.15, 0.2) is 0 Å². The number of carboxylic acids is 1. The van der Waals surface area contributed by atoms with Crippen LogP contribution in [0.15, 0.2) is 46.1 Å². The van der Waals surface area contributed by atoms with Crippen LogP contribution < -0.4 is 16.9 Å². The lowest BCUT2D eigenvalue weighted by atomic mass is 10.0. The van der Waals surface area contributed by atoms with Crippen LogP contribution in [0.25, 0.3) is 26.7 Å². The van der Waals surface area contributed by atoms with Crippen LogP contribution in [0.3, 0.4) is 0 Å². The molecule has 0 aliphatic heterocycles. The first-order valence-electron chi connectivity index (χ1n) is 10.8. The van der Waals surface area contributed by atoms with Crippen molar-refractivity contribution in [2.45, 2.75) is 44.7 Å². The van der Waals surface area contributed by atoms with Crippen LogP contribution >= 0.6 is 11.5 Å². The monoisotopic (exact) mass is 467 g/mol. The number of hydrogen-bond donors (Lipinski definition) is 2. The Balaban J connectivity index is 1.73. The van der Waals surface area contributed by atoms with E-state index in [1.807, 2.05) is 24.3 Å². The number of nitrogens with zero attached hydrogens (tertiary/aromatic N) is 2. The molecular weight excluding hydrogens is 445 g/mol. The molecule has 0 bridgehead atoms. The fourth-order valence-electron chi connectivity index (χ4n) is 4.26. The molecule has 0 atom stereocenters. The summed E-state index contributed by atoms with van der Waals surface area (Å²) in [6.45, 7) is 0.615. The molecular formula is C24H22FN3O4S. The fourth-order valence-corrected chi connectivity index (χ4v) is 5.51. The molecule has 1 saturated carbocycles. The SMILES string of the molecule is NCc1ccc(-c2cc3c(C4CC4)c4sn(CCCC(=O)O)c(=O)c4c(=O)n3cc2F)cc1. The molecule has 7 nitrogen and oxygen atoms in total. The molecule has 0 unspecified atom stereocenters. The van der Waals surface area contributed by atoms with Crippen molar-refractivity contribution in [3.63, 3.8) is 0 Å². The highest BCUT2D eigenvalue weighted by molar-refractivity contribution is 7.14. The third-order valence-corrected chi connectivity index (χ3v) is 7.28. The summed E-state index contributed by atoms with van der Waals surface area (Å²) in [6, 6.07) is 9.00. The predicted octanol–water partition coefficient (Wildman–Crippen LogP) is 3.68. The largest absolute Gasteiger partial charge is 0.481 e. The van der Waals surface area contributed by atoms with Crippen molar-refractivity contribution in [1.29, 1.82) is 0 Å². The second-order valence-corrected chi connectivity index (χ2v) is 9.42. The van der Waals surface area contributed by atoms with Crippen molar-refractivity contribution < 1.29 is 14.3 Å². The van der Waals surface area contributed by atoms with Gasteiger partial charge in [-0.05, 0) is 47.9 Å². The summed E-state index contributed by atoms with van der Waals surface area (Å²) in [4.78, 5) is 37.1. The van der Waals surface area contributed by atoms with E-state index in [2.05, 4.69) is 0 Å². The van der Waals surface area contributed by atoms with Gasteiger partial charge in [-0.3, -0.25) is 22.7 Å². The standard InChI is InChI=1S/C24H22FN3O4S/c25-17-12-27-18(10-16(17)14-5-3-13(11-26)4-6-14)20(15-7-8-15)22-21(23(27)31)24(32)28(33-22)9-1-2-19(29)30/h3-6,10,12,15H,1-2,7-9,11,26H2,(H,29,30). The molecule has 0 amide bonds. The van der Waals surface area contributed by atoms with Gasteiger partial charge in [0.1, 0.15) is 11.2 Å². The summed E-state index contributed by atoms with van der Waals surface area (Å²) >= 11 is 1.20. The highest BCUT2D eigenvalue weighted by Crippen LogP contribution is 2.46. The average molecular weight is 468 g/mol. The molecule has 1 aromatic carbocycles. The number of nitrogens with two attached hydrogens (primary N) is 1. The second-order valence-electron chi connectivity index (χ2n) is 8.38. The molecule has 4 aromatic rings. The number of aliphatic carboxylic acids is 1. The van der Waals surface area contributed by atoms with E-state index < -0.39 is 22.9 Å². The normalized spacial score (nSPS) is 13.8. The van der Waals surface area contributed by atoms with Gasteiger partial charge in [0.05, 0.1) is 10.2 Å². The Bertz CT molecular complexity index is 1510. The van der Waals surface area contributed by atoms with Gasteiger partial charge in [-0.15, -0.1) is 0 Å². The van der Waals surface area contributed by atoms with Crippen LogP contribution in [-0.2, 0) is 17.9 Å². The minimum atomic E-state index is -0.934. The lowest BCUT2D eigenvalue weighted by Crippen LogP contribution is -2.23. The summed E-state index contributed by atoms with van der Waals surface area (Å²) in [5.74, 6) is -1.29. The molecule has 0 saturated heterocycles. The van der Waals surface area contributed by atoms with Gasteiger partial charge in [0.25, 0.3) is 11.1 Å². The molecule has 3 heterocycles. The molecule has 3 aromatic heterocycles. The van der Waals surface area contributed by atoms with Gasteiger partial charge in [-0.1, -0.05) is 35.8 Å². The summed E-state index contributed by atoms with van der Waals surface area (Å²) in [7, 11) is 0. The van der Waals surface area contributed by atoms with Crippen LogP contribution in [0.1, 0.15) is 42.7 Å². The zero-order valence-electron chi connectivity index (χ0n) is 17.7. The van der Waals surface area contributed by atoms with E-state index in [0.717, 1.165) is 24.0 Å². The van der Waals surface area contributed by atoms with E-state index in [0.29, 0.717) is 34.3 Å². The quantitative estimate of drug-likeness (QED) is 0.431. The van der Waals surface area contributed by atoms with E-state index in [4.69, 9.17) is 10.8 Å². The topological polar surface area (TPSA) is 107 Å². The molecule has 3 N–H and O–H groups in total. The lowest BCUT2D eigenvalue weighted by Gasteiger charge is -2.12. The van der Waals surface area contributed by atoms with Crippen LogP contribution in [0.5, 0.6) is 0 Å². The van der Waals surface area contributed by atoms with Gasteiger partial charge in [-0.25, -0.2) is 4.39 Å².